The molecule has 0 bridgehead atoms. The summed E-state index contributed by atoms with van der Waals surface area (Å²) in [6.45, 7) is 4.77. The smallest absolute Gasteiger partial charge is 0.350 e. The minimum Gasteiger partial charge on any atom is -0.350 e. The van der Waals surface area contributed by atoms with E-state index in [1.807, 2.05) is 0 Å². The lowest BCUT2D eigenvalue weighted by atomic mass is 10.0. The Bertz CT molecular complexity index is 886. The maximum Gasteiger partial charge on any atom is 0.416 e. The van der Waals surface area contributed by atoms with Gasteiger partial charge in [-0.15, -0.1) is 0 Å². The van der Waals surface area contributed by atoms with Crippen LogP contribution in [0.25, 0.3) is 0 Å². The van der Waals surface area contributed by atoms with E-state index in [9.17, 15) is 27.2 Å². The molecule has 0 aliphatic carbocycles. The van der Waals surface area contributed by atoms with Gasteiger partial charge in [0.25, 0.3) is 5.91 Å². The molecule has 2 rings (SSSR count). The number of nitrogens with zero attached hydrogens (tertiary/aromatic N) is 2. The molecule has 1 N–H and O–H groups in total. The summed E-state index contributed by atoms with van der Waals surface area (Å²) in [4.78, 5) is 29.9. The third-order valence-electron chi connectivity index (χ3n) is 4.58. The second-order valence-corrected chi connectivity index (χ2v) is 7.09. The highest BCUT2D eigenvalue weighted by molar-refractivity contribution is 5.93. The standard InChI is InChI=1S/C21H23F4N3O2/c1-13(2)20(30)28(10-9-27-19(29)15-5-4-8-26-12-15)14(3)17-11-16(21(23,24)25)6-7-18(17)22/h4-8,11-14H,9-10H2,1-3H3,(H,27,29). The second kappa shape index (κ2) is 9.69. The van der Waals surface area contributed by atoms with E-state index in [0.717, 1.165) is 12.1 Å². The third kappa shape index (κ3) is 5.77. The predicted molar refractivity (Wildman–Crippen MR) is 103 cm³/mol. The Labute approximate surface area is 172 Å². The van der Waals surface area contributed by atoms with E-state index >= 15 is 0 Å². The first-order valence-electron chi connectivity index (χ1n) is 9.37. The Hall–Kier alpha value is -2.97. The number of aromatic nitrogens is 1. The van der Waals surface area contributed by atoms with Gasteiger partial charge in [-0.1, -0.05) is 13.8 Å². The number of nitrogens with one attached hydrogen (secondary N) is 1. The van der Waals surface area contributed by atoms with Crippen LogP contribution in [0.15, 0.2) is 42.7 Å². The molecule has 0 saturated heterocycles. The molecule has 0 fully saturated rings. The number of carbonyl (C=O) groups is 2. The van der Waals surface area contributed by atoms with Crippen LogP contribution in [0, 0.1) is 11.7 Å². The predicted octanol–water partition coefficient (Wildman–Crippen LogP) is 4.22. The Kier molecular flexibility index (Phi) is 7.53. The Morgan fingerprint density at radius 3 is 2.43 bits per heavy atom. The van der Waals surface area contributed by atoms with Crippen LogP contribution in [0.2, 0.25) is 0 Å². The lowest BCUT2D eigenvalue weighted by Crippen LogP contribution is -2.42. The number of halogens is 4. The van der Waals surface area contributed by atoms with Crippen LogP contribution in [-0.2, 0) is 11.0 Å². The van der Waals surface area contributed by atoms with Gasteiger partial charge in [0, 0.05) is 37.0 Å². The maximum absolute atomic E-state index is 14.3. The molecule has 1 atom stereocenters. The van der Waals surface area contributed by atoms with Gasteiger partial charge < -0.3 is 10.2 Å². The van der Waals surface area contributed by atoms with Gasteiger partial charge in [-0.05, 0) is 37.3 Å². The van der Waals surface area contributed by atoms with Crippen LogP contribution < -0.4 is 5.32 Å². The van der Waals surface area contributed by atoms with E-state index in [1.54, 1.807) is 26.0 Å². The van der Waals surface area contributed by atoms with Gasteiger partial charge in [-0.3, -0.25) is 14.6 Å². The van der Waals surface area contributed by atoms with Crippen molar-refractivity contribution >= 4 is 11.8 Å². The van der Waals surface area contributed by atoms with Crippen LogP contribution in [0.4, 0.5) is 17.6 Å². The first-order valence-corrected chi connectivity index (χ1v) is 9.37. The normalized spacial score (nSPS) is 12.5. The van der Waals surface area contributed by atoms with Crippen molar-refractivity contribution in [3.8, 4) is 0 Å². The number of rotatable bonds is 7. The molecule has 162 valence electrons. The number of pyridine rings is 1. The van der Waals surface area contributed by atoms with Gasteiger partial charge in [0.15, 0.2) is 0 Å². The maximum atomic E-state index is 14.3. The number of alkyl halides is 3. The minimum atomic E-state index is -4.63. The summed E-state index contributed by atoms with van der Waals surface area (Å²) >= 11 is 0. The van der Waals surface area contributed by atoms with Crippen molar-refractivity contribution < 1.29 is 27.2 Å². The van der Waals surface area contributed by atoms with Gasteiger partial charge in [0.1, 0.15) is 5.82 Å². The first-order chi connectivity index (χ1) is 14.0. The molecule has 5 nitrogen and oxygen atoms in total. The summed E-state index contributed by atoms with van der Waals surface area (Å²) in [5, 5.41) is 2.63. The highest BCUT2D eigenvalue weighted by Crippen LogP contribution is 2.33. The minimum absolute atomic E-state index is 0.000131. The summed E-state index contributed by atoms with van der Waals surface area (Å²) in [6.07, 6.45) is -1.73. The molecule has 2 amide bonds. The van der Waals surface area contributed by atoms with Crippen LogP contribution in [0.3, 0.4) is 0 Å². The summed E-state index contributed by atoms with van der Waals surface area (Å²) in [6, 6.07) is 4.33. The molecule has 1 aromatic heterocycles. The monoisotopic (exact) mass is 425 g/mol. The van der Waals surface area contributed by atoms with E-state index in [2.05, 4.69) is 10.3 Å². The van der Waals surface area contributed by atoms with Gasteiger partial charge in [0.2, 0.25) is 5.91 Å². The van der Waals surface area contributed by atoms with Crippen LogP contribution in [0.1, 0.15) is 48.3 Å². The summed E-state index contributed by atoms with van der Waals surface area (Å²) in [5.74, 6) is -2.07. The molecule has 1 aromatic carbocycles. The highest BCUT2D eigenvalue weighted by Gasteiger charge is 2.33. The SMILES string of the molecule is CC(C)C(=O)N(CCNC(=O)c1cccnc1)C(C)c1cc(C(F)(F)F)ccc1F. The lowest BCUT2D eigenvalue weighted by molar-refractivity contribution is -0.137. The largest absolute Gasteiger partial charge is 0.416 e. The van der Waals surface area contributed by atoms with E-state index < -0.39 is 35.4 Å². The summed E-state index contributed by atoms with van der Waals surface area (Å²) in [5.41, 5.74) is -0.902. The van der Waals surface area contributed by atoms with Crippen molar-refractivity contribution in [1.29, 1.82) is 0 Å². The zero-order valence-corrected chi connectivity index (χ0v) is 16.8. The molecular formula is C21H23F4N3O2. The summed E-state index contributed by atoms with van der Waals surface area (Å²) in [7, 11) is 0. The quantitative estimate of drug-likeness (QED) is 0.676. The van der Waals surface area contributed by atoms with Crippen molar-refractivity contribution in [2.24, 2.45) is 5.92 Å². The summed E-state index contributed by atoms with van der Waals surface area (Å²) < 4.78 is 53.5. The molecule has 0 spiro atoms. The van der Waals surface area contributed by atoms with Crippen molar-refractivity contribution in [3.05, 3.63) is 65.2 Å². The molecule has 30 heavy (non-hydrogen) atoms. The zero-order valence-electron chi connectivity index (χ0n) is 16.8. The average Bonchev–Trinajstić information content (AvgIpc) is 2.70. The molecule has 0 aliphatic rings. The number of carbonyl (C=O) groups excluding carboxylic acids is 2. The van der Waals surface area contributed by atoms with E-state index in [1.165, 1.54) is 24.2 Å². The van der Waals surface area contributed by atoms with Gasteiger partial charge >= 0.3 is 6.18 Å². The average molecular weight is 425 g/mol. The fourth-order valence-corrected chi connectivity index (χ4v) is 2.92. The van der Waals surface area contributed by atoms with Crippen LogP contribution in [-0.4, -0.2) is 34.8 Å². The third-order valence-corrected chi connectivity index (χ3v) is 4.58. The van der Waals surface area contributed by atoms with Crippen LogP contribution >= 0.6 is 0 Å². The zero-order chi connectivity index (χ0) is 22.5. The molecule has 0 saturated carbocycles. The van der Waals surface area contributed by atoms with Gasteiger partial charge in [0.05, 0.1) is 17.2 Å². The number of benzene rings is 1. The molecule has 1 heterocycles. The van der Waals surface area contributed by atoms with E-state index in [-0.39, 0.29) is 24.6 Å². The molecule has 0 radical (unpaired) electrons. The number of hydrogen-bond acceptors (Lipinski definition) is 3. The lowest BCUT2D eigenvalue weighted by Gasteiger charge is -2.32. The topological polar surface area (TPSA) is 62.3 Å². The molecule has 1 unspecified atom stereocenters. The Balaban J connectivity index is 2.20. The number of hydrogen-bond donors (Lipinski definition) is 1. The molecular weight excluding hydrogens is 402 g/mol. The molecule has 2 aromatic rings. The number of amides is 2. The van der Waals surface area contributed by atoms with Gasteiger partial charge in [-0.25, -0.2) is 4.39 Å². The van der Waals surface area contributed by atoms with E-state index in [4.69, 9.17) is 0 Å². The molecule has 9 heteroatoms. The Morgan fingerprint density at radius 1 is 1.17 bits per heavy atom. The van der Waals surface area contributed by atoms with Crippen molar-refractivity contribution in [2.75, 3.05) is 13.1 Å². The van der Waals surface area contributed by atoms with Crippen molar-refractivity contribution in [2.45, 2.75) is 33.0 Å². The van der Waals surface area contributed by atoms with Gasteiger partial charge in [-0.2, -0.15) is 13.2 Å². The fourth-order valence-electron chi connectivity index (χ4n) is 2.92. The molecule has 0 aliphatic heterocycles. The fraction of sp³-hybridized carbons (Fsp3) is 0.381. The highest BCUT2D eigenvalue weighted by atomic mass is 19.4. The Morgan fingerprint density at radius 2 is 1.87 bits per heavy atom. The van der Waals surface area contributed by atoms with Crippen LogP contribution in [0.5, 0.6) is 0 Å². The second-order valence-electron chi connectivity index (χ2n) is 7.09. The first kappa shape index (κ1) is 23.3. The van der Waals surface area contributed by atoms with E-state index in [0.29, 0.717) is 11.6 Å². The van der Waals surface area contributed by atoms with Crippen molar-refractivity contribution in [1.82, 2.24) is 15.2 Å². The van der Waals surface area contributed by atoms with Crippen molar-refractivity contribution in [3.63, 3.8) is 0 Å².